The van der Waals surface area contributed by atoms with E-state index in [1.54, 1.807) is 0 Å². The van der Waals surface area contributed by atoms with Crippen molar-refractivity contribution in [2.45, 2.75) is 45.4 Å². The Morgan fingerprint density at radius 2 is 2.26 bits per heavy atom. The van der Waals surface area contributed by atoms with Crippen molar-refractivity contribution in [1.82, 2.24) is 4.98 Å². The molecule has 2 rings (SSSR count). The summed E-state index contributed by atoms with van der Waals surface area (Å²) in [6, 6.07) is 4.19. The van der Waals surface area contributed by atoms with Gasteiger partial charge < -0.3 is 10.6 Å². The Morgan fingerprint density at radius 1 is 1.37 bits per heavy atom. The van der Waals surface area contributed by atoms with Crippen molar-refractivity contribution < 1.29 is 0 Å². The van der Waals surface area contributed by atoms with Gasteiger partial charge in [0.2, 0.25) is 0 Å². The Kier molecular flexibility index (Phi) is 5.64. The van der Waals surface area contributed by atoms with Crippen LogP contribution in [-0.4, -0.2) is 24.6 Å². The fourth-order valence-electron chi connectivity index (χ4n) is 3.14. The van der Waals surface area contributed by atoms with Crippen LogP contribution in [0.3, 0.4) is 0 Å². The van der Waals surface area contributed by atoms with Crippen LogP contribution in [0.2, 0.25) is 0 Å². The van der Waals surface area contributed by atoms with Gasteiger partial charge in [-0.15, -0.1) is 0 Å². The maximum absolute atomic E-state index is 5.71. The molecule has 2 N–H and O–H groups in total. The Bertz CT molecular complexity index is 378. The second-order valence-electron chi connectivity index (χ2n) is 5.60. The molecule has 1 saturated heterocycles. The van der Waals surface area contributed by atoms with Crippen LogP contribution in [0.25, 0.3) is 0 Å². The lowest BCUT2D eigenvalue weighted by Crippen LogP contribution is -2.26. The first kappa shape index (κ1) is 14.3. The molecule has 1 unspecified atom stereocenters. The van der Waals surface area contributed by atoms with Crippen molar-refractivity contribution in [2.75, 3.05) is 24.5 Å². The molecule has 1 aromatic heterocycles. The largest absolute Gasteiger partial charge is 0.356 e. The fraction of sp³-hybridized carbons (Fsp3) is 0.688. The molecule has 3 heteroatoms. The van der Waals surface area contributed by atoms with Gasteiger partial charge in [-0.1, -0.05) is 25.8 Å². The van der Waals surface area contributed by atoms with E-state index in [0.717, 1.165) is 25.4 Å². The molecule has 19 heavy (non-hydrogen) atoms. The molecule has 0 bridgehead atoms. The molecule has 1 aliphatic heterocycles. The van der Waals surface area contributed by atoms with E-state index in [1.807, 2.05) is 12.3 Å². The highest BCUT2D eigenvalue weighted by Crippen LogP contribution is 2.26. The van der Waals surface area contributed by atoms with Crippen LogP contribution in [0.4, 0.5) is 5.82 Å². The van der Waals surface area contributed by atoms with Gasteiger partial charge in [0.05, 0.1) is 0 Å². The summed E-state index contributed by atoms with van der Waals surface area (Å²) in [6.45, 7) is 5.29. The average molecular weight is 261 g/mol. The first-order valence-corrected chi connectivity index (χ1v) is 7.74. The van der Waals surface area contributed by atoms with Gasteiger partial charge in [0.15, 0.2) is 0 Å². The zero-order chi connectivity index (χ0) is 13.5. The van der Waals surface area contributed by atoms with E-state index < -0.39 is 0 Å². The first-order valence-electron chi connectivity index (χ1n) is 7.74. The third-order valence-electron chi connectivity index (χ3n) is 4.13. The minimum atomic E-state index is 0.699. The molecule has 0 aliphatic carbocycles. The molecule has 1 aromatic rings. The monoisotopic (exact) mass is 261 g/mol. The average Bonchev–Trinajstić information content (AvgIpc) is 2.66. The molecular weight excluding hydrogens is 234 g/mol. The summed E-state index contributed by atoms with van der Waals surface area (Å²) < 4.78 is 0. The molecule has 0 amide bonds. The second-order valence-corrected chi connectivity index (χ2v) is 5.60. The van der Waals surface area contributed by atoms with Crippen LogP contribution in [0.1, 0.15) is 44.6 Å². The summed E-state index contributed by atoms with van der Waals surface area (Å²) >= 11 is 0. The summed E-state index contributed by atoms with van der Waals surface area (Å²) in [7, 11) is 0. The van der Waals surface area contributed by atoms with Crippen molar-refractivity contribution in [3.05, 3.63) is 23.9 Å². The molecule has 1 aliphatic rings. The third kappa shape index (κ3) is 3.93. The minimum absolute atomic E-state index is 0.699. The van der Waals surface area contributed by atoms with E-state index in [2.05, 4.69) is 22.9 Å². The second kappa shape index (κ2) is 7.49. The van der Waals surface area contributed by atoms with Gasteiger partial charge in [0.25, 0.3) is 0 Å². The van der Waals surface area contributed by atoms with Crippen LogP contribution in [-0.2, 0) is 6.42 Å². The topological polar surface area (TPSA) is 42.2 Å². The summed E-state index contributed by atoms with van der Waals surface area (Å²) in [5.41, 5.74) is 7.01. The molecule has 0 saturated carbocycles. The lowest BCUT2D eigenvalue weighted by Gasteiger charge is -2.24. The Balaban J connectivity index is 2.05. The SMILES string of the molecule is CCCC1CCCN(c2ncccc2CCN)CC1. The summed E-state index contributed by atoms with van der Waals surface area (Å²) in [5, 5.41) is 0. The maximum atomic E-state index is 5.71. The van der Waals surface area contributed by atoms with Crippen molar-refractivity contribution in [2.24, 2.45) is 11.7 Å². The number of anilines is 1. The van der Waals surface area contributed by atoms with Crippen molar-refractivity contribution in [3.8, 4) is 0 Å². The van der Waals surface area contributed by atoms with Gasteiger partial charge in [-0.05, 0) is 49.8 Å². The number of hydrogen-bond acceptors (Lipinski definition) is 3. The van der Waals surface area contributed by atoms with E-state index in [4.69, 9.17) is 5.73 Å². The molecule has 1 atom stereocenters. The summed E-state index contributed by atoms with van der Waals surface area (Å²) in [6.07, 6.45) is 9.51. The van der Waals surface area contributed by atoms with Crippen LogP contribution in [0, 0.1) is 5.92 Å². The molecule has 0 radical (unpaired) electrons. The molecular formula is C16H27N3. The van der Waals surface area contributed by atoms with Crippen LogP contribution in [0.15, 0.2) is 18.3 Å². The normalized spacial score (nSPS) is 20.3. The molecule has 0 aromatic carbocycles. The Morgan fingerprint density at radius 3 is 3.05 bits per heavy atom. The summed E-state index contributed by atoms with van der Waals surface area (Å²) in [5.74, 6) is 2.08. The number of nitrogens with two attached hydrogens (primary N) is 1. The molecule has 0 spiro atoms. The van der Waals surface area contributed by atoms with Gasteiger partial charge in [-0.3, -0.25) is 0 Å². The lowest BCUT2D eigenvalue weighted by atomic mass is 9.96. The zero-order valence-corrected chi connectivity index (χ0v) is 12.1. The van der Waals surface area contributed by atoms with E-state index >= 15 is 0 Å². The van der Waals surface area contributed by atoms with Gasteiger partial charge in [-0.25, -0.2) is 4.98 Å². The van der Waals surface area contributed by atoms with E-state index in [9.17, 15) is 0 Å². The first-order chi connectivity index (χ1) is 9.35. The highest BCUT2D eigenvalue weighted by molar-refractivity contribution is 5.47. The highest BCUT2D eigenvalue weighted by atomic mass is 15.2. The standard InChI is InChI=1S/C16H27N3/c1-2-5-14-6-4-12-19(13-9-14)16-15(8-10-17)7-3-11-18-16/h3,7,11,14H,2,4-6,8-10,12-13,17H2,1H3. The zero-order valence-electron chi connectivity index (χ0n) is 12.1. The van der Waals surface area contributed by atoms with Gasteiger partial charge in [0, 0.05) is 19.3 Å². The minimum Gasteiger partial charge on any atom is -0.356 e. The number of nitrogens with zero attached hydrogens (tertiary/aromatic N) is 2. The van der Waals surface area contributed by atoms with Crippen LogP contribution >= 0.6 is 0 Å². The molecule has 1 fully saturated rings. The van der Waals surface area contributed by atoms with E-state index in [-0.39, 0.29) is 0 Å². The molecule has 3 nitrogen and oxygen atoms in total. The third-order valence-corrected chi connectivity index (χ3v) is 4.13. The number of aromatic nitrogens is 1. The van der Waals surface area contributed by atoms with Crippen molar-refractivity contribution in [3.63, 3.8) is 0 Å². The predicted molar refractivity (Wildman–Crippen MR) is 81.5 cm³/mol. The highest BCUT2D eigenvalue weighted by Gasteiger charge is 2.18. The van der Waals surface area contributed by atoms with Crippen LogP contribution < -0.4 is 10.6 Å². The quantitative estimate of drug-likeness (QED) is 0.886. The number of pyridine rings is 1. The van der Waals surface area contributed by atoms with E-state index in [1.165, 1.54) is 43.5 Å². The lowest BCUT2D eigenvalue weighted by molar-refractivity contribution is 0.435. The van der Waals surface area contributed by atoms with Crippen molar-refractivity contribution >= 4 is 5.82 Å². The van der Waals surface area contributed by atoms with E-state index in [0.29, 0.717) is 6.54 Å². The molecule has 106 valence electrons. The summed E-state index contributed by atoms with van der Waals surface area (Å²) in [4.78, 5) is 7.08. The Labute approximate surface area is 117 Å². The van der Waals surface area contributed by atoms with Gasteiger partial charge >= 0.3 is 0 Å². The number of rotatable bonds is 5. The molecule has 2 heterocycles. The van der Waals surface area contributed by atoms with Crippen LogP contribution in [0.5, 0.6) is 0 Å². The van der Waals surface area contributed by atoms with Gasteiger partial charge in [-0.2, -0.15) is 0 Å². The van der Waals surface area contributed by atoms with Crippen molar-refractivity contribution in [1.29, 1.82) is 0 Å². The maximum Gasteiger partial charge on any atom is 0.131 e. The Hall–Kier alpha value is -1.09. The fourth-order valence-corrected chi connectivity index (χ4v) is 3.14. The smallest absolute Gasteiger partial charge is 0.131 e. The number of hydrogen-bond donors (Lipinski definition) is 1. The predicted octanol–water partition coefficient (Wildman–Crippen LogP) is 2.99. The van der Waals surface area contributed by atoms with Gasteiger partial charge in [0.1, 0.15) is 5.82 Å².